The summed E-state index contributed by atoms with van der Waals surface area (Å²) in [6.45, 7) is 0. The maximum atomic E-state index is 11.1. The third kappa shape index (κ3) is 1.52. The Labute approximate surface area is 69.7 Å². The molecule has 0 unspecified atom stereocenters. The van der Waals surface area contributed by atoms with E-state index in [1.54, 1.807) is 24.3 Å². The van der Waals surface area contributed by atoms with E-state index in [-0.39, 0.29) is 5.91 Å². The Balaban J connectivity index is 3.04. The molecule has 0 saturated heterocycles. The van der Waals surface area contributed by atoms with Gasteiger partial charge in [-0.25, -0.2) is 5.84 Å². The maximum Gasteiger partial charge on any atom is 0.267 e. The van der Waals surface area contributed by atoms with Gasteiger partial charge in [0.2, 0.25) is 0 Å². The predicted molar refractivity (Wildman–Crippen MR) is 45.9 cm³/mol. The third-order valence-corrected chi connectivity index (χ3v) is 1.46. The molecule has 0 radical (unpaired) electrons. The second-order valence-corrected chi connectivity index (χ2v) is 2.16. The molecule has 0 bridgehead atoms. The zero-order valence-corrected chi connectivity index (χ0v) is 6.37. The number of hydrogen-bond donors (Lipinski definition) is 4. The Morgan fingerprint density at radius 1 is 1.25 bits per heavy atom. The molecule has 6 N–H and O–H groups in total. The van der Waals surface area contributed by atoms with Crippen LogP contribution in [0.2, 0.25) is 0 Å². The molecule has 0 saturated carbocycles. The summed E-state index contributed by atoms with van der Waals surface area (Å²) in [5, 5.41) is 0. The van der Waals surface area contributed by atoms with Gasteiger partial charge in [0.1, 0.15) is 0 Å². The van der Waals surface area contributed by atoms with E-state index in [2.05, 4.69) is 5.43 Å². The highest BCUT2D eigenvalue weighted by atomic mass is 16.2. The quantitative estimate of drug-likeness (QED) is 0.272. The van der Waals surface area contributed by atoms with Gasteiger partial charge >= 0.3 is 0 Å². The monoisotopic (exact) mass is 166 g/mol. The molecular formula is C7H10N4O. The third-order valence-electron chi connectivity index (χ3n) is 1.46. The van der Waals surface area contributed by atoms with Gasteiger partial charge in [-0.3, -0.25) is 16.1 Å². The van der Waals surface area contributed by atoms with Crippen molar-refractivity contribution >= 4 is 11.6 Å². The predicted octanol–water partition coefficient (Wildman–Crippen LogP) is -0.424. The summed E-state index contributed by atoms with van der Waals surface area (Å²) in [5.41, 5.74) is 5.38. The standard InChI is InChI=1S/C7H10N4O/c8-10-6-4-2-1-3-5(6)7(12)11-9/h1-4,10H,8-9H2,(H,11,12). The first-order chi connectivity index (χ1) is 5.79. The molecule has 0 spiro atoms. The van der Waals surface area contributed by atoms with Crippen molar-refractivity contribution in [2.24, 2.45) is 11.7 Å². The second kappa shape index (κ2) is 3.70. The van der Waals surface area contributed by atoms with E-state index in [1.807, 2.05) is 5.43 Å². The van der Waals surface area contributed by atoms with Gasteiger partial charge in [-0.2, -0.15) is 0 Å². The fraction of sp³-hybridized carbons (Fsp3) is 0. The van der Waals surface area contributed by atoms with Crippen LogP contribution in [0.15, 0.2) is 24.3 Å². The molecule has 1 rings (SSSR count). The summed E-state index contributed by atoms with van der Waals surface area (Å²) in [7, 11) is 0. The van der Waals surface area contributed by atoms with Crippen molar-refractivity contribution < 1.29 is 4.79 Å². The van der Waals surface area contributed by atoms with Crippen LogP contribution in [0.5, 0.6) is 0 Å². The lowest BCUT2D eigenvalue weighted by molar-refractivity contribution is 0.0954. The summed E-state index contributed by atoms with van der Waals surface area (Å²) in [5.74, 6) is 9.76. The average molecular weight is 166 g/mol. The summed E-state index contributed by atoms with van der Waals surface area (Å²) < 4.78 is 0. The lowest BCUT2D eigenvalue weighted by Gasteiger charge is -2.05. The van der Waals surface area contributed by atoms with Crippen molar-refractivity contribution in [3.63, 3.8) is 0 Å². The number of nitrogens with one attached hydrogen (secondary N) is 2. The summed E-state index contributed by atoms with van der Waals surface area (Å²) in [4.78, 5) is 11.1. The van der Waals surface area contributed by atoms with E-state index in [0.29, 0.717) is 11.3 Å². The van der Waals surface area contributed by atoms with Crippen molar-refractivity contribution in [2.45, 2.75) is 0 Å². The Morgan fingerprint density at radius 2 is 1.92 bits per heavy atom. The molecule has 0 heterocycles. The number of hydrogen-bond acceptors (Lipinski definition) is 4. The Morgan fingerprint density at radius 3 is 2.50 bits per heavy atom. The number of amides is 1. The molecule has 5 heteroatoms. The molecule has 0 aromatic heterocycles. The van der Waals surface area contributed by atoms with Crippen molar-refractivity contribution in [1.82, 2.24) is 5.43 Å². The minimum absolute atomic E-state index is 0.372. The van der Waals surface area contributed by atoms with E-state index in [9.17, 15) is 4.79 Å². The first-order valence-electron chi connectivity index (χ1n) is 3.36. The average Bonchev–Trinajstić information content (AvgIpc) is 2.16. The van der Waals surface area contributed by atoms with Crippen LogP contribution in [0.25, 0.3) is 0 Å². The van der Waals surface area contributed by atoms with E-state index in [0.717, 1.165) is 0 Å². The zero-order chi connectivity index (χ0) is 8.97. The highest BCUT2D eigenvalue weighted by molar-refractivity contribution is 5.99. The molecule has 0 aliphatic carbocycles. The number of anilines is 1. The van der Waals surface area contributed by atoms with E-state index < -0.39 is 0 Å². The highest BCUT2D eigenvalue weighted by Crippen LogP contribution is 2.12. The number of benzene rings is 1. The molecule has 1 amide bonds. The number of hydrazine groups is 2. The molecule has 0 aliphatic heterocycles. The van der Waals surface area contributed by atoms with Crippen LogP contribution in [-0.4, -0.2) is 5.91 Å². The van der Waals surface area contributed by atoms with E-state index >= 15 is 0 Å². The minimum Gasteiger partial charge on any atom is -0.323 e. The highest BCUT2D eigenvalue weighted by Gasteiger charge is 2.06. The number of nitrogen functional groups attached to an aromatic ring is 2. The molecule has 5 nitrogen and oxygen atoms in total. The van der Waals surface area contributed by atoms with Crippen molar-refractivity contribution in [3.8, 4) is 0 Å². The maximum absolute atomic E-state index is 11.1. The number of carbonyl (C=O) groups is 1. The SMILES string of the molecule is NNC(=O)c1ccccc1NN. The minimum atomic E-state index is -0.372. The van der Waals surface area contributed by atoms with Crippen LogP contribution in [0, 0.1) is 0 Å². The van der Waals surface area contributed by atoms with Gasteiger partial charge in [0.05, 0.1) is 11.3 Å². The molecule has 64 valence electrons. The van der Waals surface area contributed by atoms with Gasteiger partial charge < -0.3 is 5.43 Å². The molecule has 1 aromatic carbocycles. The number of nitrogens with two attached hydrogens (primary N) is 2. The molecule has 0 aliphatic rings. The van der Waals surface area contributed by atoms with Crippen LogP contribution >= 0.6 is 0 Å². The molecule has 12 heavy (non-hydrogen) atoms. The molecular weight excluding hydrogens is 156 g/mol. The van der Waals surface area contributed by atoms with Crippen LogP contribution in [0.3, 0.4) is 0 Å². The van der Waals surface area contributed by atoms with Crippen LogP contribution < -0.4 is 22.5 Å². The lowest BCUT2D eigenvalue weighted by Crippen LogP contribution is -2.31. The normalized spacial score (nSPS) is 9.17. The Bertz CT molecular complexity index is 286. The summed E-state index contributed by atoms with van der Waals surface area (Å²) in [6.07, 6.45) is 0. The molecule has 0 atom stereocenters. The Hall–Kier alpha value is -1.59. The van der Waals surface area contributed by atoms with Crippen LogP contribution in [0.1, 0.15) is 10.4 Å². The van der Waals surface area contributed by atoms with Crippen LogP contribution in [0.4, 0.5) is 5.69 Å². The first-order valence-corrected chi connectivity index (χ1v) is 3.36. The van der Waals surface area contributed by atoms with Gasteiger partial charge in [0, 0.05) is 0 Å². The van der Waals surface area contributed by atoms with Gasteiger partial charge in [-0.15, -0.1) is 0 Å². The van der Waals surface area contributed by atoms with E-state index in [4.69, 9.17) is 11.7 Å². The molecule has 1 aromatic rings. The number of carbonyl (C=O) groups excluding carboxylic acids is 1. The largest absolute Gasteiger partial charge is 0.323 e. The fourth-order valence-corrected chi connectivity index (χ4v) is 0.885. The van der Waals surface area contributed by atoms with Crippen molar-refractivity contribution in [3.05, 3.63) is 29.8 Å². The zero-order valence-electron chi connectivity index (χ0n) is 6.37. The fourth-order valence-electron chi connectivity index (χ4n) is 0.885. The first kappa shape index (κ1) is 8.51. The second-order valence-electron chi connectivity index (χ2n) is 2.16. The summed E-state index contributed by atoms with van der Waals surface area (Å²) >= 11 is 0. The van der Waals surface area contributed by atoms with Crippen LogP contribution in [-0.2, 0) is 0 Å². The summed E-state index contributed by atoms with van der Waals surface area (Å²) in [6, 6.07) is 6.80. The van der Waals surface area contributed by atoms with Gasteiger partial charge in [0.15, 0.2) is 0 Å². The number of para-hydroxylation sites is 1. The van der Waals surface area contributed by atoms with Gasteiger partial charge in [-0.05, 0) is 12.1 Å². The van der Waals surface area contributed by atoms with Gasteiger partial charge in [0.25, 0.3) is 5.91 Å². The topological polar surface area (TPSA) is 93.2 Å². The van der Waals surface area contributed by atoms with E-state index in [1.165, 1.54) is 0 Å². The molecule has 0 fully saturated rings. The lowest BCUT2D eigenvalue weighted by atomic mass is 10.2. The number of rotatable bonds is 2. The van der Waals surface area contributed by atoms with Crippen molar-refractivity contribution in [2.75, 3.05) is 5.43 Å². The van der Waals surface area contributed by atoms with Crippen molar-refractivity contribution in [1.29, 1.82) is 0 Å². The van der Waals surface area contributed by atoms with Gasteiger partial charge in [-0.1, -0.05) is 12.1 Å². The smallest absolute Gasteiger partial charge is 0.267 e. The Kier molecular flexibility index (Phi) is 2.62.